The summed E-state index contributed by atoms with van der Waals surface area (Å²) in [4.78, 5) is 12.5. The summed E-state index contributed by atoms with van der Waals surface area (Å²) in [6.45, 7) is 2.25. The van der Waals surface area contributed by atoms with Gasteiger partial charge in [-0.25, -0.2) is 4.68 Å². The highest BCUT2D eigenvalue weighted by Crippen LogP contribution is 2.30. The van der Waals surface area contributed by atoms with Gasteiger partial charge in [0.15, 0.2) is 0 Å². The third-order valence-corrected chi connectivity index (χ3v) is 5.05. The molecule has 1 N–H and O–H groups in total. The zero-order chi connectivity index (χ0) is 22.0. The highest BCUT2D eigenvalue weighted by molar-refractivity contribution is 5.94. The van der Waals surface area contributed by atoms with Crippen LogP contribution in [-0.2, 0) is 12.7 Å². The summed E-state index contributed by atoms with van der Waals surface area (Å²) < 4.78 is 39.9. The van der Waals surface area contributed by atoms with Crippen LogP contribution in [0.15, 0.2) is 72.8 Å². The van der Waals surface area contributed by atoms with Crippen molar-refractivity contribution in [3.63, 3.8) is 0 Å². The molecule has 1 amide bonds. The summed E-state index contributed by atoms with van der Waals surface area (Å²) in [5.74, 6) is -0.301. The summed E-state index contributed by atoms with van der Waals surface area (Å²) >= 11 is 0. The van der Waals surface area contributed by atoms with Gasteiger partial charge in [-0.3, -0.25) is 4.79 Å². The molecule has 8 heteroatoms. The molecule has 0 saturated carbocycles. The quantitative estimate of drug-likeness (QED) is 0.491. The van der Waals surface area contributed by atoms with E-state index in [1.165, 1.54) is 12.1 Å². The van der Waals surface area contributed by atoms with E-state index >= 15 is 0 Å². The Labute approximate surface area is 176 Å². The number of aromatic nitrogens is 3. The zero-order valence-corrected chi connectivity index (χ0v) is 16.6. The molecular weight excluding hydrogens is 405 g/mol. The van der Waals surface area contributed by atoms with Gasteiger partial charge in [-0.05, 0) is 54.4 Å². The Hall–Kier alpha value is -3.68. The SMILES string of the molecule is CC(NC(=O)c1ccc(Cn2nnc3ccccc32)cc1)c1ccc(C(F)(F)F)cc1. The Morgan fingerprint density at radius 3 is 2.35 bits per heavy atom. The fourth-order valence-electron chi connectivity index (χ4n) is 3.29. The summed E-state index contributed by atoms with van der Waals surface area (Å²) in [5, 5.41) is 11.1. The number of rotatable bonds is 5. The second kappa shape index (κ2) is 8.22. The average molecular weight is 424 g/mol. The van der Waals surface area contributed by atoms with Gasteiger partial charge in [0, 0.05) is 5.56 Å². The lowest BCUT2D eigenvalue weighted by Gasteiger charge is -2.16. The van der Waals surface area contributed by atoms with E-state index in [2.05, 4.69) is 15.6 Å². The van der Waals surface area contributed by atoms with Gasteiger partial charge in [0.2, 0.25) is 0 Å². The van der Waals surface area contributed by atoms with Crippen LogP contribution in [0.5, 0.6) is 0 Å². The number of carbonyl (C=O) groups is 1. The molecule has 1 heterocycles. The van der Waals surface area contributed by atoms with Crippen molar-refractivity contribution in [1.29, 1.82) is 0 Å². The number of fused-ring (bicyclic) bond motifs is 1. The van der Waals surface area contributed by atoms with E-state index in [9.17, 15) is 18.0 Å². The molecule has 4 rings (SSSR count). The van der Waals surface area contributed by atoms with Gasteiger partial charge in [0.1, 0.15) is 5.52 Å². The molecule has 158 valence electrons. The van der Waals surface area contributed by atoms with Gasteiger partial charge in [-0.15, -0.1) is 5.10 Å². The molecule has 1 atom stereocenters. The maximum atomic E-state index is 12.7. The normalized spacial score (nSPS) is 12.6. The molecule has 0 bridgehead atoms. The maximum absolute atomic E-state index is 12.7. The number of amides is 1. The molecule has 4 aromatic rings. The van der Waals surface area contributed by atoms with Crippen molar-refractivity contribution in [2.75, 3.05) is 0 Å². The second-order valence-electron chi connectivity index (χ2n) is 7.25. The van der Waals surface area contributed by atoms with Crippen molar-refractivity contribution in [3.8, 4) is 0 Å². The first-order valence-corrected chi connectivity index (χ1v) is 9.66. The zero-order valence-electron chi connectivity index (χ0n) is 16.6. The van der Waals surface area contributed by atoms with Gasteiger partial charge in [0.05, 0.1) is 23.7 Å². The molecule has 0 spiro atoms. The van der Waals surface area contributed by atoms with Gasteiger partial charge < -0.3 is 5.32 Å². The van der Waals surface area contributed by atoms with Gasteiger partial charge in [-0.2, -0.15) is 13.2 Å². The summed E-state index contributed by atoms with van der Waals surface area (Å²) in [5.41, 5.74) is 3.04. The number of carbonyl (C=O) groups excluding carboxylic acids is 1. The minimum absolute atomic E-state index is 0.301. The molecule has 1 aromatic heterocycles. The minimum Gasteiger partial charge on any atom is -0.346 e. The monoisotopic (exact) mass is 424 g/mol. The van der Waals surface area contributed by atoms with Crippen LogP contribution in [0.25, 0.3) is 11.0 Å². The predicted octanol–water partition coefficient (Wildman–Crippen LogP) is 4.99. The first kappa shape index (κ1) is 20.6. The summed E-state index contributed by atoms with van der Waals surface area (Å²) in [7, 11) is 0. The smallest absolute Gasteiger partial charge is 0.346 e. The Morgan fingerprint density at radius 2 is 1.68 bits per heavy atom. The molecular formula is C23H19F3N4O. The minimum atomic E-state index is -4.38. The van der Waals surface area contributed by atoms with Crippen molar-refractivity contribution in [2.24, 2.45) is 0 Å². The number of para-hydroxylation sites is 1. The number of hydrogen-bond donors (Lipinski definition) is 1. The van der Waals surface area contributed by atoms with Crippen LogP contribution in [0.4, 0.5) is 13.2 Å². The van der Waals surface area contributed by atoms with Crippen LogP contribution in [0.3, 0.4) is 0 Å². The number of alkyl halides is 3. The Bertz CT molecular complexity index is 1200. The number of benzene rings is 3. The lowest BCUT2D eigenvalue weighted by atomic mass is 10.0. The van der Waals surface area contributed by atoms with Crippen LogP contribution in [0.1, 0.15) is 40.0 Å². The topological polar surface area (TPSA) is 59.8 Å². The van der Waals surface area contributed by atoms with Crippen molar-refractivity contribution in [2.45, 2.75) is 25.7 Å². The Kier molecular flexibility index (Phi) is 5.46. The molecule has 5 nitrogen and oxygen atoms in total. The molecule has 0 aliphatic rings. The van der Waals surface area contributed by atoms with Gasteiger partial charge in [-0.1, -0.05) is 41.6 Å². The molecule has 1 unspecified atom stereocenters. The fourth-order valence-corrected chi connectivity index (χ4v) is 3.29. The average Bonchev–Trinajstić information content (AvgIpc) is 3.16. The van der Waals surface area contributed by atoms with E-state index in [-0.39, 0.29) is 5.91 Å². The van der Waals surface area contributed by atoms with E-state index in [0.29, 0.717) is 17.7 Å². The summed E-state index contributed by atoms with van der Waals surface area (Å²) in [6, 6.07) is 19.1. The van der Waals surface area contributed by atoms with Gasteiger partial charge >= 0.3 is 6.18 Å². The fraction of sp³-hybridized carbons (Fsp3) is 0.174. The third-order valence-electron chi connectivity index (χ3n) is 5.05. The Balaban J connectivity index is 1.41. The Morgan fingerprint density at radius 1 is 1.00 bits per heavy atom. The van der Waals surface area contributed by atoms with Gasteiger partial charge in [0.25, 0.3) is 5.91 Å². The highest BCUT2D eigenvalue weighted by atomic mass is 19.4. The van der Waals surface area contributed by atoms with E-state index < -0.39 is 17.8 Å². The molecule has 0 fully saturated rings. The molecule has 0 saturated heterocycles. The first-order valence-electron chi connectivity index (χ1n) is 9.66. The molecule has 31 heavy (non-hydrogen) atoms. The maximum Gasteiger partial charge on any atom is 0.416 e. The molecule has 0 radical (unpaired) electrons. The van der Waals surface area contributed by atoms with Crippen molar-refractivity contribution in [3.05, 3.63) is 95.1 Å². The van der Waals surface area contributed by atoms with Crippen molar-refractivity contribution in [1.82, 2.24) is 20.3 Å². The number of hydrogen-bond acceptors (Lipinski definition) is 3. The lowest BCUT2D eigenvalue weighted by Crippen LogP contribution is -2.26. The van der Waals surface area contributed by atoms with E-state index in [1.54, 1.807) is 23.7 Å². The number of nitrogens with one attached hydrogen (secondary N) is 1. The van der Waals surface area contributed by atoms with E-state index in [4.69, 9.17) is 0 Å². The predicted molar refractivity (Wildman–Crippen MR) is 110 cm³/mol. The lowest BCUT2D eigenvalue weighted by molar-refractivity contribution is -0.137. The van der Waals surface area contributed by atoms with Crippen LogP contribution in [0, 0.1) is 0 Å². The first-order chi connectivity index (χ1) is 14.8. The molecule has 3 aromatic carbocycles. The third kappa shape index (κ3) is 4.58. The standard InChI is InChI=1S/C23H19F3N4O/c1-15(17-10-12-19(13-11-17)23(24,25)26)27-22(31)18-8-6-16(7-9-18)14-30-21-5-3-2-4-20(21)28-29-30/h2-13,15H,14H2,1H3,(H,27,31). The summed E-state index contributed by atoms with van der Waals surface area (Å²) in [6.07, 6.45) is -4.38. The largest absolute Gasteiger partial charge is 0.416 e. The molecule has 0 aliphatic carbocycles. The van der Waals surface area contributed by atoms with Crippen LogP contribution < -0.4 is 5.32 Å². The van der Waals surface area contributed by atoms with Crippen LogP contribution >= 0.6 is 0 Å². The second-order valence-corrected chi connectivity index (χ2v) is 7.25. The highest BCUT2D eigenvalue weighted by Gasteiger charge is 2.30. The van der Waals surface area contributed by atoms with Crippen molar-refractivity contribution >= 4 is 16.9 Å². The van der Waals surface area contributed by atoms with Crippen LogP contribution in [0.2, 0.25) is 0 Å². The number of nitrogens with zero attached hydrogens (tertiary/aromatic N) is 3. The molecule has 0 aliphatic heterocycles. The van der Waals surface area contributed by atoms with Crippen LogP contribution in [-0.4, -0.2) is 20.9 Å². The van der Waals surface area contributed by atoms with Crippen molar-refractivity contribution < 1.29 is 18.0 Å². The van der Waals surface area contributed by atoms with E-state index in [0.717, 1.165) is 28.7 Å². The number of halogens is 3. The van der Waals surface area contributed by atoms with E-state index in [1.807, 2.05) is 36.4 Å².